The van der Waals surface area contributed by atoms with Crippen molar-refractivity contribution in [1.82, 2.24) is 15.5 Å². The molecule has 0 aromatic heterocycles. The molecule has 8 nitrogen and oxygen atoms in total. The van der Waals surface area contributed by atoms with Gasteiger partial charge in [0.2, 0.25) is 0 Å². The number of amidine groups is 1. The molecular weight excluding hydrogens is 382 g/mol. The van der Waals surface area contributed by atoms with E-state index in [9.17, 15) is 4.79 Å². The number of nitrogens with zero attached hydrogens (tertiary/aromatic N) is 2. The summed E-state index contributed by atoms with van der Waals surface area (Å²) >= 11 is 0. The minimum absolute atomic E-state index is 0.0353. The molecule has 3 N–H and O–H groups in total. The second-order valence-electron chi connectivity index (χ2n) is 8.45. The number of carbonyl (C=O) groups excluding carboxylic acids is 1. The van der Waals surface area contributed by atoms with E-state index in [-0.39, 0.29) is 23.7 Å². The third-order valence-corrected chi connectivity index (χ3v) is 5.80. The van der Waals surface area contributed by atoms with E-state index >= 15 is 0 Å². The molecule has 2 fully saturated rings. The smallest absolute Gasteiger partial charge is 0.319 e. The van der Waals surface area contributed by atoms with Crippen LogP contribution in [0.15, 0.2) is 40.7 Å². The fourth-order valence-electron chi connectivity index (χ4n) is 4.14. The van der Waals surface area contributed by atoms with Crippen LogP contribution in [0.2, 0.25) is 0 Å². The average Bonchev–Trinajstić information content (AvgIpc) is 3.03. The van der Waals surface area contributed by atoms with Crippen molar-refractivity contribution in [2.45, 2.75) is 45.4 Å². The Hall–Kier alpha value is -2.58. The lowest BCUT2D eigenvalue weighted by Crippen LogP contribution is -2.51. The summed E-state index contributed by atoms with van der Waals surface area (Å²) in [5.74, 6) is 1.91. The molecule has 0 bridgehead atoms. The van der Waals surface area contributed by atoms with E-state index < -0.39 is 0 Å². The van der Waals surface area contributed by atoms with Crippen LogP contribution in [0.5, 0.6) is 0 Å². The molecule has 3 aliphatic rings. The van der Waals surface area contributed by atoms with Gasteiger partial charge in [-0.15, -0.1) is 0 Å². The molecule has 1 unspecified atom stereocenters. The van der Waals surface area contributed by atoms with Gasteiger partial charge < -0.3 is 30.3 Å². The molecule has 1 aromatic rings. The fourth-order valence-corrected chi connectivity index (χ4v) is 4.14. The summed E-state index contributed by atoms with van der Waals surface area (Å²) in [6.07, 6.45) is 0. The highest BCUT2D eigenvalue weighted by Crippen LogP contribution is 2.37. The fraction of sp³-hybridized carbons (Fsp3) is 0.545. The van der Waals surface area contributed by atoms with Crippen LogP contribution in [0, 0.1) is 0 Å². The minimum Gasteiger partial charge on any atom is -0.377 e. The lowest BCUT2D eigenvalue weighted by atomic mass is 9.93. The van der Waals surface area contributed by atoms with E-state index in [4.69, 9.17) is 14.5 Å². The third kappa shape index (κ3) is 4.02. The number of rotatable bonds is 4. The van der Waals surface area contributed by atoms with Crippen LogP contribution in [0.4, 0.5) is 10.5 Å². The van der Waals surface area contributed by atoms with Gasteiger partial charge in [-0.25, -0.2) is 4.79 Å². The molecule has 1 aromatic carbocycles. The first-order chi connectivity index (χ1) is 14.4. The van der Waals surface area contributed by atoms with E-state index in [1.807, 2.05) is 31.2 Å². The van der Waals surface area contributed by atoms with Crippen LogP contribution >= 0.6 is 0 Å². The molecule has 0 aliphatic carbocycles. The number of fused-ring (bicyclic) bond motifs is 1. The molecule has 162 valence electrons. The van der Waals surface area contributed by atoms with Crippen LogP contribution in [-0.4, -0.2) is 67.4 Å². The van der Waals surface area contributed by atoms with Gasteiger partial charge in [0.25, 0.3) is 0 Å². The van der Waals surface area contributed by atoms with Gasteiger partial charge in [0.05, 0.1) is 31.5 Å². The van der Waals surface area contributed by atoms with Gasteiger partial charge >= 0.3 is 6.03 Å². The Morgan fingerprint density at radius 1 is 1.33 bits per heavy atom. The maximum atomic E-state index is 11.8. The maximum Gasteiger partial charge on any atom is 0.319 e. The summed E-state index contributed by atoms with van der Waals surface area (Å²) in [4.78, 5) is 19.1. The van der Waals surface area contributed by atoms with Crippen molar-refractivity contribution in [2.75, 3.05) is 38.2 Å². The lowest BCUT2D eigenvalue weighted by molar-refractivity contribution is 0.0138. The third-order valence-electron chi connectivity index (χ3n) is 5.80. The van der Waals surface area contributed by atoms with E-state index in [0.29, 0.717) is 26.4 Å². The van der Waals surface area contributed by atoms with Gasteiger partial charge in [-0.3, -0.25) is 4.99 Å². The Balaban J connectivity index is 1.60. The molecule has 3 heterocycles. The molecular formula is C22H31N5O3. The molecule has 2 amide bonds. The van der Waals surface area contributed by atoms with E-state index in [0.717, 1.165) is 29.5 Å². The van der Waals surface area contributed by atoms with Crippen molar-refractivity contribution >= 4 is 17.6 Å². The number of morpholine rings is 1. The van der Waals surface area contributed by atoms with E-state index in [2.05, 4.69) is 41.6 Å². The number of benzene rings is 1. The van der Waals surface area contributed by atoms with Crippen LogP contribution in [0.25, 0.3) is 0 Å². The number of anilines is 1. The molecule has 3 aliphatic heterocycles. The quantitative estimate of drug-likeness (QED) is 0.705. The van der Waals surface area contributed by atoms with Gasteiger partial charge in [0.15, 0.2) is 0 Å². The highest BCUT2D eigenvalue weighted by molar-refractivity contribution is 6.01. The van der Waals surface area contributed by atoms with Crippen LogP contribution in [-0.2, 0) is 9.47 Å². The molecule has 8 heteroatoms. The van der Waals surface area contributed by atoms with Crippen molar-refractivity contribution in [3.05, 3.63) is 41.2 Å². The van der Waals surface area contributed by atoms with Crippen molar-refractivity contribution in [3.8, 4) is 0 Å². The number of aliphatic imine (C=N–C) groups is 1. The van der Waals surface area contributed by atoms with Gasteiger partial charge in [0.1, 0.15) is 17.7 Å². The summed E-state index contributed by atoms with van der Waals surface area (Å²) in [6, 6.07) is 7.76. The van der Waals surface area contributed by atoms with E-state index in [1.54, 1.807) is 0 Å². The largest absolute Gasteiger partial charge is 0.377 e. The van der Waals surface area contributed by atoms with Gasteiger partial charge in [-0.2, -0.15) is 0 Å². The molecule has 0 spiro atoms. The summed E-state index contributed by atoms with van der Waals surface area (Å²) in [5.41, 5.74) is 2.55. The number of hydrogen-bond acceptors (Lipinski definition) is 6. The lowest BCUT2D eigenvalue weighted by Gasteiger charge is -2.40. The second-order valence-corrected chi connectivity index (χ2v) is 8.45. The molecule has 0 radical (unpaired) electrons. The highest BCUT2D eigenvalue weighted by atomic mass is 16.5. The average molecular weight is 414 g/mol. The molecule has 0 saturated carbocycles. The molecule has 2 saturated heterocycles. The number of urea groups is 1. The first-order valence-electron chi connectivity index (χ1n) is 10.6. The number of carbonyl (C=O) groups is 1. The zero-order chi connectivity index (χ0) is 21.3. The topological polar surface area (TPSA) is 87.2 Å². The number of hydrogen-bond donors (Lipinski definition) is 3. The van der Waals surface area contributed by atoms with Crippen molar-refractivity contribution in [1.29, 1.82) is 0 Å². The number of nitrogens with one attached hydrogen (secondary N) is 3. The van der Waals surface area contributed by atoms with Crippen molar-refractivity contribution in [2.24, 2.45) is 4.99 Å². The second kappa shape index (κ2) is 8.28. The summed E-state index contributed by atoms with van der Waals surface area (Å²) in [5, 5.41) is 9.14. The summed E-state index contributed by atoms with van der Waals surface area (Å²) < 4.78 is 11.7. The van der Waals surface area contributed by atoms with Crippen molar-refractivity contribution < 1.29 is 14.3 Å². The summed E-state index contributed by atoms with van der Waals surface area (Å²) in [6.45, 7) is 11.7. The monoisotopic (exact) mass is 413 g/mol. The Morgan fingerprint density at radius 2 is 2.10 bits per heavy atom. The standard InChI is InChI=1S/C22H31N5O3/c1-5-23-21(28)24-16-8-6-15(7-9-16)19-25-18-17(13-30-22(18,3)4)20(26-19)27-10-11-29-12-14(27)2/h6-9,14,18H,5,10-13H2,1-4H3,(H,25,26)(H2,23,24,28)/t14-,18?/m0/s1. The predicted molar refractivity (Wildman–Crippen MR) is 117 cm³/mol. The Kier molecular flexibility index (Phi) is 5.71. The predicted octanol–water partition coefficient (Wildman–Crippen LogP) is 2.29. The SMILES string of the molecule is CCNC(=O)Nc1ccc(C2=NC3C(=C(N4CCOC[C@@H]4C)N2)COC3(C)C)cc1. The normalized spacial score (nSPS) is 25.3. The first kappa shape index (κ1) is 20.7. The Labute approximate surface area is 177 Å². The number of ether oxygens (including phenoxy) is 2. The highest BCUT2D eigenvalue weighted by Gasteiger charge is 2.45. The van der Waals surface area contributed by atoms with Gasteiger partial charge in [0, 0.05) is 29.9 Å². The van der Waals surface area contributed by atoms with Crippen LogP contribution in [0.3, 0.4) is 0 Å². The maximum absolute atomic E-state index is 11.8. The molecule has 4 rings (SSSR count). The first-order valence-corrected chi connectivity index (χ1v) is 10.6. The molecule has 2 atom stereocenters. The minimum atomic E-state index is -0.358. The zero-order valence-corrected chi connectivity index (χ0v) is 18.1. The Morgan fingerprint density at radius 3 is 2.80 bits per heavy atom. The number of amides is 2. The van der Waals surface area contributed by atoms with E-state index in [1.165, 1.54) is 5.57 Å². The van der Waals surface area contributed by atoms with Gasteiger partial charge in [-0.1, -0.05) is 0 Å². The van der Waals surface area contributed by atoms with Crippen LogP contribution in [0.1, 0.15) is 33.3 Å². The van der Waals surface area contributed by atoms with Crippen LogP contribution < -0.4 is 16.0 Å². The zero-order valence-electron chi connectivity index (χ0n) is 18.1. The molecule has 30 heavy (non-hydrogen) atoms. The Bertz CT molecular complexity index is 862. The van der Waals surface area contributed by atoms with Crippen molar-refractivity contribution in [3.63, 3.8) is 0 Å². The van der Waals surface area contributed by atoms with Gasteiger partial charge in [-0.05, 0) is 52.0 Å². The summed E-state index contributed by atoms with van der Waals surface area (Å²) in [7, 11) is 0.